The maximum atomic E-state index is 6.51. The molecule has 2 aliphatic heterocycles. The topological polar surface area (TPSA) is 27.7 Å². The molecule has 2 heterocycles. The molecule has 1 aromatic rings. The Morgan fingerprint density at radius 1 is 1.32 bits per heavy atom. The van der Waals surface area contributed by atoms with Crippen molar-refractivity contribution < 1.29 is 14.2 Å². The first-order valence-electron chi connectivity index (χ1n) is 7.99. The van der Waals surface area contributed by atoms with E-state index in [9.17, 15) is 0 Å². The van der Waals surface area contributed by atoms with E-state index in [1.54, 1.807) is 7.11 Å². The number of alkyl halides is 1. The molecule has 2 saturated heterocycles. The fourth-order valence-electron chi connectivity index (χ4n) is 3.90. The highest BCUT2D eigenvalue weighted by Crippen LogP contribution is 2.57. The van der Waals surface area contributed by atoms with Crippen LogP contribution in [0.15, 0.2) is 24.3 Å². The number of halogens is 1. The van der Waals surface area contributed by atoms with E-state index in [1.807, 2.05) is 18.2 Å². The van der Waals surface area contributed by atoms with Crippen LogP contribution in [0.4, 0.5) is 0 Å². The summed E-state index contributed by atoms with van der Waals surface area (Å²) >= 11 is 2.56. The third kappa shape index (κ3) is 2.57. The second kappa shape index (κ2) is 5.95. The number of benzene rings is 1. The van der Waals surface area contributed by atoms with Gasteiger partial charge < -0.3 is 14.2 Å². The molecule has 0 unspecified atom stereocenters. The van der Waals surface area contributed by atoms with Gasteiger partial charge in [0.25, 0.3) is 0 Å². The van der Waals surface area contributed by atoms with Crippen LogP contribution in [0.2, 0.25) is 0 Å². The van der Waals surface area contributed by atoms with Crippen LogP contribution in [0.5, 0.6) is 5.75 Å². The summed E-state index contributed by atoms with van der Waals surface area (Å²) in [5.41, 5.74) is 0.916. The van der Waals surface area contributed by atoms with Gasteiger partial charge in [-0.2, -0.15) is 0 Å². The zero-order valence-electron chi connectivity index (χ0n) is 13.8. The molecule has 122 valence electrons. The average Bonchev–Trinajstić information content (AvgIpc) is 2.93. The molecule has 2 bridgehead atoms. The summed E-state index contributed by atoms with van der Waals surface area (Å²) in [7, 11) is 1.70. The summed E-state index contributed by atoms with van der Waals surface area (Å²) in [6.07, 6.45) is 2.22. The van der Waals surface area contributed by atoms with Gasteiger partial charge in [-0.15, -0.1) is 0 Å². The second-order valence-corrected chi connectivity index (χ2v) is 8.52. The summed E-state index contributed by atoms with van der Waals surface area (Å²) < 4.78 is 18.8. The van der Waals surface area contributed by atoms with Crippen molar-refractivity contribution in [1.82, 2.24) is 0 Å². The minimum absolute atomic E-state index is 0.0270. The molecule has 0 spiro atoms. The van der Waals surface area contributed by atoms with Crippen molar-refractivity contribution in [1.29, 1.82) is 0 Å². The SMILES string of the molecule is COc1ccccc1CO[C@H]1C[C@@]2(C(C)C)O[C@]1(C)C[C@H]2I. The average molecular weight is 416 g/mol. The summed E-state index contributed by atoms with van der Waals surface area (Å²) in [4.78, 5) is 0. The molecule has 0 radical (unpaired) electrons. The van der Waals surface area contributed by atoms with E-state index in [-0.39, 0.29) is 17.3 Å². The first kappa shape index (κ1) is 16.5. The second-order valence-electron chi connectivity index (χ2n) is 7.01. The Bertz CT molecular complexity index is 547. The number of hydrogen-bond donors (Lipinski definition) is 0. The maximum absolute atomic E-state index is 6.51. The van der Waals surface area contributed by atoms with Gasteiger partial charge in [-0.3, -0.25) is 0 Å². The quantitative estimate of drug-likeness (QED) is 0.528. The summed E-state index contributed by atoms with van der Waals surface area (Å²) in [6, 6.07) is 8.05. The standard InChI is InChI=1S/C18H25IO3/c1-12(2)18-10-16(17(3,22-18)9-15(18)19)21-11-13-7-5-6-8-14(13)20-4/h5-8,12,15-16H,9-11H2,1-4H3/t15-,16+,17-,18+/m1/s1. The molecule has 1 aromatic carbocycles. The van der Waals surface area contributed by atoms with Crippen molar-refractivity contribution >= 4 is 22.6 Å². The third-order valence-electron chi connectivity index (χ3n) is 5.33. The van der Waals surface area contributed by atoms with Gasteiger partial charge in [-0.25, -0.2) is 0 Å². The Morgan fingerprint density at radius 3 is 2.68 bits per heavy atom. The molecule has 3 nitrogen and oxygen atoms in total. The lowest BCUT2D eigenvalue weighted by Crippen LogP contribution is -2.44. The van der Waals surface area contributed by atoms with E-state index >= 15 is 0 Å². The first-order valence-corrected chi connectivity index (χ1v) is 9.23. The molecule has 3 rings (SSSR count). The van der Waals surface area contributed by atoms with Gasteiger partial charge in [0.15, 0.2) is 0 Å². The van der Waals surface area contributed by atoms with Crippen LogP contribution in [-0.2, 0) is 16.1 Å². The minimum atomic E-state index is -0.155. The van der Waals surface area contributed by atoms with Crippen LogP contribution >= 0.6 is 22.6 Å². The summed E-state index contributed by atoms with van der Waals surface area (Å²) in [6.45, 7) is 7.32. The molecular weight excluding hydrogens is 391 g/mol. The van der Waals surface area contributed by atoms with Crippen molar-refractivity contribution in [2.75, 3.05) is 7.11 Å². The number of hydrogen-bond acceptors (Lipinski definition) is 3. The van der Waals surface area contributed by atoms with Crippen molar-refractivity contribution in [3.05, 3.63) is 29.8 Å². The summed E-state index contributed by atoms with van der Waals surface area (Å²) in [5, 5.41) is 0. The molecule has 22 heavy (non-hydrogen) atoms. The number of fused-ring (bicyclic) bond motifs is 2. The molecule has 0 saturated carbocycles. The van der Waals surface area contributed by atoms with Crippen LogP contribution in [0.1, 0.15) is 39.2 Å². The summed E-state index contributed by atoms with van der Waals surface area (Å²) in [5.74, 6) is 1.40. The van der Waals surface area contributed by atoms with Gasteiger partial charge in [-0.05, 0) is 25.3 Å². The van der Waals surface area contributed by atoms with E-state index < -0.39 is 0 Å². The maximum Gasteiger partial charge on any atom is 0.124 e. The van der Waals surface area contributed by atoms with Crippen LogP contribution < -0.4 is 4.74 Å². The highest BCUT2D eigenvalue weighted by atomic mass is 127. The third-order valence-corrected chi connectivity index (χ3v) is 6.83. The van der Waals surface area contributed by atoms with Crippen LogP contribution in [-0.4, -0.2) is 28.3 Å². The minimum Gasteiger partial charge on any atom is -0.496 e. The Hall–Kier alpha value is -0.330. The monoisotopic (exact) mass is 416 g/mol. The zero-order chi connectivity index (χ0) is 16.0. The number of rotatable bonds is 5. The van der Waals surface area contributed by atoms with Crippen molar-refractivity contribution in [2.24, 2.45) is 5.92 Å². The zero-order valence-corrected chi connectivity index (χ0v) is 15.9. The lowest BCUT2D eigenvalue weighted by molar-refractivity contribution is -0.0955. The molecule has 2 aliphatic rings. The lowest BCUT2D eigenvalue weighted by Gasteiger charge is -2.35. The van der Waals surface area contributed by atoms with E-state index in [0.717, 1.165) is 24.2 Å². The normalized spacial score (nSPS) is 37.0. The van der Waals surface area contributed by atoms with Crippen LogP contribution in [0, 0.1) is 5.92 Å². The fraction of sp³-hybridized carbons (Fsp3) is 0.667. The Balaban J connectivity index is 1.72. The highest BCUT2D eigenvalue weighted by molar-refractivity contribution is 14.1. The predicted octanol–water partition coefficient (Wildman–Crippen LogP) is 4.36. The molecular formula is C18H25IO3. The molecule has 4 atom stereocenters. The Labute approximate surface area is 146 Å². The first-order chi connectivity index (χ1) is 10.4. The van der Waals surface area contributed by atoms with Gasteiger partial charge in [0, 0.05) is 15.9 Å². The largest absolute Gasteiger partial charge is 0.496 e. The Morgan fingerprint density at radius 2 is 2.05 bits per heavy atom. The Kier molecular flexibility index (Phi) is 4.47. The molecule has 0 aliphatic carbocycles. The highest BCUT2D eigenvalue weighted by Gasteiger charge is 2.65. The fourth-order valence-corrected chi connectivity index (χ4v) is 5.88. The van der Waals surface area contributed by atoms with Gasteiger partial charge in [-0.1, -0.05) is 54.6 Å². The van der Waals surface area contributed by atoms with Gasteiger partial charge in [0.2, 0.25) is 0 Å². The van der Waals surface area contributed by atoms with E-state index in [0.29, 0.717) is 16.4 Å². The molecule has 2 fully saturated rings. The van der Waals surface area contributed by atoms with E-state index in [4.69, 9.17) is 14.2 Å². The van der Waals surface area contributed by atoms with E-state index in [2.05, 4.69) is 49.4 Å². The predicted molar refractivity (Wildman–Crippen MR) is 95.7 cm³/mol. The van der Waals surface area contributed by atoms with Gasteiger partial charge in [0.1, 0.15) is 5.75 Å². The smallest absolute Gasteiger partial charge is 0.124 e. The number of ether oxygens (including phenoxy) is 3. The number of para-hydroxylation sites is 1. The van der Waals surface area contributed by atoms with Crippen molar-refractivity contribution in [3.8, 4) is 5.75 Å². The molecule has 0 aromatic heterocycles. The molecule has 0 amide bonds. The van der Waals surface area contributed by atoms with Crippen molar-refractivity contribution in [3.63, 3.8) is 0 Å². The lowest BCUT2D eigenvalue weighted by atomic mass is 9.75. The van der Waals surface area contributed by atoms with Crippen LogP contribution in [0.25, 0.3) is 0 Å². The molecule has 4 heteroatoms. The van der Waals surface area contributed by atoms with E-state index in [1.165, 1.54) is 0 Å². The number of methoxy groups -OCH3 is 1. The van der Waals surface area contributed by atoms with Gasteiger partial charge in [0.05, 0.1) is 31.0 Å². The van der Waals surface area contributed by atoms with Crippen LogP contribution in [0.3, 0.4) is 0 Å². The van der Waals surface area contributed by atoms with Crippen molar-refractivity contribution in [2.45, 2.75) is 61.5 Å². The molecule has 0 N–H and O–H groups in total. The van der Waals surface area contributed by atoms with Gasteiger partial charge >= 0.3 is 0 Å².